The van der Waals surface area contributed by atoms with Crippen molar-refractivity contribution in [1.82, 2.24) is 20.0 Å². The lowest BCUT2D eigenvalue weighted by Gasteiger charge is -2.51. The minimum Gasteiger partial charge on any atom is -0.332 e. The summed E-state index contributed by atoms with van der Waals surface area (Å²) < 4.78 is 0. The number of fused-ring (bicyclic) bond motifs is 2. The smallest absolute Gasteiger partial charge is 0.274 e. The van der Waals surface area contributed by atoms with Gasteiger partial charge in [0.15, 0.2) is 5.69 Å². The van der Waals surface area contributed by atoms with E-state index in [1.165, 1.54) is 37.1 Å². The Bertz CT molecular complexity index is 879. The lowest BCUT2D eigenvalue weighted by atomic mass is 9.75. The van der Waals surface area contributed by atoms with E-state index in [1.54, 1.807) is 0 Å². The number of likely N-dealkylation sites (tertiary alicyclic amines) is 1. The average Bonchev–Trinajstić information content (AvgIpc) is 3.31. The van der Waals surface area contributed by atoms with Crippen molar-refractivity contribution in [3.63, 3.8) is 0 Å². The average molecular weight is 379 g/mol. The van der Waals surface area contributed by atoms with Gasteiger partial charge in [0.1, 0.15) is 0 Å². The van der Waals surface area contributed by atoms with Crippen molar-refractivity contribution in [3.05, 3.63) is 52.3 Å². The van der Waals surface area contributed by atoms with Gasteiger partial charge < -0.3 is 4.90 Å². The summed E-state index contributed by atoms with van der Waals surface area (Å²) in [5.74, 6) is 1.13. The molecule has 0 aliphatic carbocycles. The van der Waals surface area contributed by atoms with Gasteiger partial charge in [-0.25, -0.2) is 0 Å². The summed E-state index contributed by atoms with van der Waals surface area (Å²) in [5.41, 5.74) is 5.37. The van der Waals surface area contributed by atoms with E-state index in [1.807, 2.05) is 6.92 Å². The molecule has 0 saturated carbocycles. The van der Waals surface area contributed by atoms with Gasteiger partial charge in [-0.15, -0.1) is 0 Å². The third-order valence-corrected chi connectivity index (χ3v) is 7.43. The Morgan fingerprint density at radius 2 is 1.86 bits per heavy atom. The van der Waals surface area contributed by atoms with E-state index >= 15 is 0 Å². The van der Waals surface area contributed by atoms with Gasteiger partial charge in [0.05, 0.1) is 6.04 Å². The highest BCUT2D eigenvalue weighted by atomic mass is 16.2. The van der Waals surface area contributed by atoms with Crippen molar-refractivity contribution >= 4 is 5.91 Å². The first-order chi connectivity index (χ1) is 13.6. The van der Waals surface area contributed by atoms with Gasteiger partial charge >= 0.3 is 0 Å². The van der Waals surface area contributed by atoms with Crippen LogP contribution in [0, 0.1) is 19.8 Å². The van der Waals surface area contributed by atoms with Crippen LogP contribution in [0.3, 0.4) is 0 Å². The van der Waals surface area contributed by atoms with E-state index in [9.17, 15) is 4.79 Å². The zero-order chi connectivity index (χ0) is 19.4. The number of H-pyrrole nitrogens is 1. The number of carbonyl (C=O) groups excluding carboxylic acids is 1. The van der Waals surface area contributed by atoms with Crippen molar-refractivity contribution in [3.8, 4) is 0 Å². The molecule has 6 rings (SSSR count). The van der Waals surface area contributed by atoms with Gasteiger partial charge in [0.25, 0.3) is 5.91 Å². The number of benzene rings is 1. The van der Waals surface area contributed by atoms with Crippen LogP contribution in [0.5, 0.6) is 0 Å². The summed E-state index contributed by atoms with van der Waals surface area (Å²) in [6.07, 6.45) is 3.30. The number of nitrogens with one attached hydrogen (secondary N) is 1. The first kappa shape index (κ1) is 17.9. The fourth-order valence-electron chi connectivity index (χ4n) is 5.88. The zero-order valence-corrected chi connectivity index (χ0v) is 17.1. The number of aromatic amines is 1. The Morgan fingerprint density at radius 1 is 1.14 bits per heavy atom. The first-order valence-electron chi connectivity index (χ1n) is 10.7. The van der Waals surface area contributed by atoms with E-state index in [4.69, 9.17) is 0 Å². The van der Waals surface area contributed by atoms with Crippen LogP contribution >= 0.6 is 0 Å². The molecule has 5 heterocycles. The number of piperidine rings is 3. The lowest BCUT2D eigenvalue weighted by Crippen LogP contribution is -2.60. The van der Waals surface area contributed by atoms with E-state index in [0.717, 1.165) is 24.2 Å². The van der Waals surface area contributed by atoms with Crippen LogP contribution in [0.4, 0.5) is 0 Å². The number of hydrogen-bond donors (Lipinski definition) is 1. The molecule has 1 aromatic carbocycles. The molecule has 5 nitrogen and oxygen atoms in total. The highest BCUT2D eigenvalue weighted by Gasteiger charge is 2.55. The summed E-state index contributed by atoms with van der Waals surface area (Å²) in [6, 6.07) is 9.71. The molecular weight excluding hydrogens is 348 g/mol. The maximum absolute atomic E-state index is 13.6. The van der Waals surface area contributed by atoms with Crippen molar-refractivity contribution in [2.24, 2.45) is 5.92 Å². The monoisotopic (exact) mass is 378 g/mol. The predicted octanol–water partition coefficient (Wildman–Crippen LogP) is 3.29. The Morgan fingerprint density at radius 3 is 2.50 bits per heavy atom. The van der Waals surface area contributed by atoms with Gasteiger partial charge in [0, 0.05) is 29.8 Å². The number of hydrogen-bond acceptors (Lipinski definition) is 3. The molecule has 1 amide bonds. The normalized spacial score (nSPS) is 31.2. The molecular formula is C23H30N4O. The highest BCUT2D eigenvalue weighted by Crippen LogP contribution is 2.47. The van der Waals surface area contributed by atoms with E-state index in [2.05, 4.69) is 58.1 Å². The molecule has 2 aromatic rings. The van der Waals surface area contributed by atoms with Crippen LogP contribution < -0.4 is 0 Å². The Labute approximate surface area is 167 Å². The second-order valence-corrected chi connectivity index (χ2v) is 8.86. The third kappa shape index (κ3) is 2.63. The zero-order valence-electron chi connectivity index (χ0n) is 17.1. The lowest BCUT2D eigenvalue weighted by molar-refractivity contribution is -0.00360. The van der Waals surface area contributed by atoms with Gasteiger partial charge in [-0.05, 0) is 57.7 Å². The molecule has 4 fully saturated rings. The van der Waals surface area contributed by atoms with Crippen LogP contribution in [0.15, 0.2) is 24.3 Å². The van der Waals surface area contributed by atoms with Crippen molar-refractivity contribution < 1.29 is 4.79 Å². The second-order valence-electron chi connectivity index (χ2n) is 8.86. The van der Waals surface area contributed by atoms with Crippen LogP contribution in [0.2, 0.25) is 0 Å². The summed E-state index contributed by atoms with van der Waals surface area (Å²) in [4.78, 5) is 18.4. The highest BCUT2D eigenvalue weighted by molar-refractivity contribution is 5.94. The largest absolute Gasteiger partial charge is 0.332 e. The number of aromatic nitrogens is 2. The van der Waals surface area contributed by atoms with E-state index in [-0.39, 0.29) is 5.91 Å². The fraction of sp³-hybridized carbons (Fsp3) is 0.565. The van der Waals surface area contributed by atoms with E-state index < -0.39 is 0 Å². The number of amides is 1. The molecule has 148 valence electrons. The number of rotatable bonds is 3. The van der Waals surface area contributed by atoms with Gasteiger partial charge in [-0.1, -0.05) is 36.8 Å². The molecule has 0 spiro atoms. The molecule has 4 aliphatic heterocycles. The molecule has 4 saturated heterocycles. The maximum atomic E-state index is 13.6. The van der Waals surface area contributed by atoms with Gasteiger partial charge in [-0.3, -0.25) is 14.8 Å². The van der Waals surface area contributed by atoms with Gasteiger partial charge in [0.2, 0.25) is 0 Å². The molecule has 2 bridgehead atoms. The first-order valence-corrected chi connectivity index (χ1v) is 10.7. The molecule has 4 aliphatic rings. The molecule has 1 N–H and O–H groups in total. The quantitative estimate of drug-likeness (QED) is 0.892. The Kier molecular flexibility index (Phi) is 4.31. The molecule has 0 radical (unpaired) electrons. The molecule has 5 heteroatoms. The van der Waals surface area contributed by atoms with Crippen LogP contribution in [-0.2, 0) is 6.42 Å². The van der Waals surface area contributed by atoms with Crippen LogP contribution in [0.1, 0.15) is 58.6 Å². The number of aryl methyl sites for hydroxylation is 2. The molecule has 28 heavy (non-hydrogen) atoms. The molecule has 3 atom stereocenters. The molecule has 1 aromatic heterocycles. The SMILES string of the molecule is CCc1[nH]nc(C(=O)N2C[C@H](c3ccc(C)cc3)[C@H]3[C@@H]2C2CCN3CC2)c1C. The Balaban J connectivity index is 1.52. The topological polar surface area (TPSA) is 52.2 Å². The number of nitrogens with zero attached hydrogens (tertiary/aromatic N) is 3. The Hall–Kier alpha value is -2.14. The predicted molar refractivity (Wildman–Crippen MR) is 110 cm³/mol. The third-order valence-electron chi connectivity index (χ3n) is 7.43. The van der Waals surface area contributed by atoms with Crippen molar-refractivity contribution in [2.75, 3.05) is 19.6 Å². The van der Waals surface area contributed by atoms with Crippen molar-refractivity contribution in [1.29, 1.82) is 0 Å². The number of carbonyl (C=O) groups is 1. The molecule has 0 unspecified atom stereocenters. The summed E-state index contributed by atoms with van der Waals surface area (Å²) >= 11 is 0. The van der Waals surface area contributed by atoms with Crippen LogP contribution in [0.25, 0.3) is 0 Å². The minimum absolute atomic E-state index is 0.117. The second kappa shape index (κ2) is 6.73. The maximum Gasteiger partial charge on any atom is 0.274 e. The summed E-state index contributed by atoms with van der Waals surface area (Å²) in [7, 11) is 0. The van der Waals surface area contributed by atoms with E-state index in [0.29, 0.717) is 29.6 Å². The van der Waals surface area contributed by atoms with Gasteiger partial charge in [-0.2, -0.15) is 5.10 Å². The minimum atomic E-state index is 0.117. The fourth-order valence-corrected chi connectivity index (χ4v) is 5.88. The van der Waals surface area contributed by atoms with Crippen LogP contribution in [-0.4, -0.2) is 57.6 Å². The summed E-state index contributed by atoms with van der Waals surface area (Å²) in [6.45, 7) is 9.42. The standard InChI is InChI=1S/C23H30N4O/c1-4-19-15(3)20(25-24-19)23(28)27-13-18(16-7-5-14(2)6-8-16)22-21(27)17-9-11-26(22)12-10-17/h5-8,17-18,21-22H,4,9-13H2,1-3H3,(H,24,25)/t18-,21+,22+/m1/s1. The van der Waals surface area contributed by atoms with Crippen molar-refractivity contribution in [2.45, 2.75) is 58.0 Å². The summed E-state index contributed by atoms with van der Waals surface area (Å²) in [5, 5.41) is 7.49.